The van der Waals surface area contributed by atoms with Gasteiger partial charge in [-0.25, -0.2) is 0 Å². The molecule has 5 nitrogen and oxygen atoms in total. The topological polar surface area (TPSA) is 69.7 Å². The van der Waals surface area contributed by atoms with E-state index in [0.717, 1.165) is 25.7 Å². The summed E-state index contributed by atoms with van der Waals surface area (Å²) in [5.41, 5.74) is 0. The maximum Gasteiger partial charge on any atom is 0.175 e. The normalized spacial score (nSPS) is 14.5. The molecule has 0 aliphatic carbocycles. The molecule has 0 unspecified atom stereocenters. The number of Topliss-reactive ketones (excluding diaryl/α,β-unsaturated/α-hetero) is 3. The lowest BCUT2D eigenvalue weighted by Crippen LogP contribution is -2.32. The lowest BCUT2D eigenvalue weighted by atomic mass is 10.0. The fourth-order valence-corrected chi connectivity index (χ4v) is 4.21. The van der Waals surface area contributed by atoms with Crippen molar-refractivity contribution >= 4 is 17.3 Å². The Bertz CT molecular complexity index is 508. The van der Waals surface area contributed by atoms with Crippen molar-refractivity contribution in [2.75, 3.05) is 13.2 Å². The minimum Gasteiger partial charge on any atom is -0.347 e. The Morgan fingerprint density at radius 2 is 1.09 bits per heavy atom. The summed E-state index contributed by atoms with van der Waals surface area (Å²) in [6, 6.07) is 0. The number of hydrogen-bond acceptors (Lipinski definition) is 5. The summed E-state index contributed by atoms with van der Waals surface area (Å²) in [5.74, 6) is -0.339. The van der Waals surface area contributed by atoms with Crippen LogP contribution in [0.2, 0.25) is 0 Å². The van der Waals surface area contributed by atoms with Gasteiger partial charge >= 0.3 is 0 Å². The first-order valence-corrected chi connectivity index (χ1v) is 13.6. The van der Waals surface area contributed by atoms with E-state index in [4.69, 9.17) is 9.47 Å². The van der Waals surface area contributed by atoms with Crippen LogP contribution in [0.15, 0.2) is 0 Å². The molecule has 5 heteroatoms. The summed E-state index contributed by atoms with van der Waals surface area (Å²) in [6.07, 6.45) is 19.4. The van der Waals surface area contributed by atoms with Gasteiger partial charge in [-0.3, -0.25) is 14.4 Å². The molecule has 1 aliphatic heterocycles. The van der Waals surface area contributed by atoms with E-state index in [1.165, 1.54) is 77.6 Å². The predicted molar refractivity (Wildman–Crippen MR) is 135 cm³/mol. The summed E-state index contributed by atoms with van der Waals surface area (Å²) in [5, 5.41) is 0. The van der Waals surface area contributed by atoms with Crippen molar-refractivity contribution in [1.82, 2.24) is 0 Å². The Hall–Kier alpha value is -1.07. The summed E-state index contributed by atoms with van der Waals surface area (Å²) in [7, 11) is 0. The Labute approximate surface area is 203 Å². The first-order chi connectivity index (χ1) is 15.8. The minimum atomic E-state index is -0.588. The van der Waals surface area contributed by atoms with Crippen LogP contribution in [0.1, 0.15) is 143 Å². The molecule has 1 aliphatic rings. The van der Waals surface area contributed by atoms with Crippen LogP contribution in [0.4, 0.5) is 0 Å². The molecular weight excluding hydrogens is 416 g/mol. The highest BCUT2D eigenvalue weighted by Gasteiger charge is 2.36. The van der Waals surface area contributed by atoms with Crippen LogP contribution in [-0.4, -0.2) is 36.4 Å². The fraction of sp³-hybridized carbons (Fsp3) is 0.893. The highest BCUT2D eigenvalue weighted by Crippen LogP contribution is 2.30. The van der Waals surface area contributed by atoms with Crippen molar-refractivity contribution in [2.24, 2.45) is 0 Å². The number of ether oxygens (including phenoxy) is 2. The number of rotatable bonds is 20. The van der Waals surface area contributed by atoms with Crippen LogP contribution < -0.4 is 0 Å². The third-order valence-corrected chi connectivity index (χ3v) is 6.00. The molecule has 0 aromatic rings. The average molecular weight is 469 g/mol. The van der Waals surface area contributed by atoms with Crippen molar-refractivity contribution in [3.8, 4) is 0 Å². The Balaban J connectivity index is 0.000000633. The van der Waals surface area contributed by atoms with Gasteiger partial charge in [-0.15, -0.1) is 0 Å². The first-order valence-electron chi connectivity index (χ1n) is 13.6. The van der Waals surface area contributed by atoms with E-state index in [0.29, 0.717) is 26.1 Å². The van der Waals surface area contributed by atoms with E-state index < -0.39 is 5.79 Å². The smallest absolute Gasteiger partial charge is 0.175 e. The predicted octanol–water partition coefficient (Wildman–Crippen LogP) is 7.52. The molecule has 1 fully saturated rings. The molecule has 0 bridgehead atoms. The van der Waals surface area contributed by atoms with Crippen LogP contribution in [0, 0.1) is 0 Å². The summed E-state index contributed by atoms with van der Waals surface area (Å²) in [6.45, 7) is 8.79. The number of carbonyl (C=O) groups is 3. The van der Waals surface area contributed by atoms with Crippen molar-refractivity contribution in [1.29, 1.82) is 0 Å². The molecule has 0 aromatic heterocycles. The van der Waals surface area contributed by atoms with Crippen molar-refractivity contribution < 1.29 is 23.9 Å². The van der Waals surface area contributed by atoms with Gasteiger partial charge in [0, 0.05) is 12.8 Å². The fourth-order valence-electron chi connectivity index (χ4n) is 4.21. The van der Waals surface area contributed by atoms with Crippen molar-refractivity contribution in [3.05, 3.63) is 0 Å². The Kier molecular flexibility index (Phi) is 20.8. The SMILES string of the molecule is CCCCCCCCCC(=O)CC(C)=O.CCCCCCCCCC1(CC(C)=O)OCCO1. The standard InChI is InChI=1S/C15H28O3.C13H24O2/c1-3-4-5-6-7-8-9-10-15(13-14(2)16)17-11-12-18-15;1-3-4-5-6-7-8-9-10-13(15)11-12(2)14/h3-13H2,1-2H3;3-11H2,1-2H3. The molecule has 0 atom stereocenters. The third-order valence-electron chi connectivity index (χ3n) is 6.00. The second-order valence-corrected chi connectivity index (χ2v) is 9.65. The zero-order valence-electron chi connectivity index (χ0n) is 22.2. The largest absolute Gasteiger partial charge is 0.347 e. The van der Waals surface area contributed by atoms with Crippen LogP contribution in [0.25, 0.3) is 0 Å². The van der Waals surface area contributed by atoms with Gasteiger partial charge in [0.15, 0.2) is 5.79 Å². The third kappa shape index (κ3) is 20.1. The number of hydrogen-bond donors (Lipinski definition) is 0. The lowest BCUT2D eigenvalue weighted by Gasteiger charge is -2.26. The highest BCUT2D eigenvalue weighted by atomic mass is 16.7. The molecule has 1 saturated heterocycles. The number of ketones is 3. The average Bonchev–Trinajstić information content (AvgIpc) is 3.20. The van der Waals surface area contributed by atoms with E-state index in [-0.39, 0.29) is 23.8 Å². The van der Waals surface area contributed by atoms with E-state index in [1.807, 2.05) is 0 Å². The number of unbranched alkanes of at least 4 members (excludes halogenated alkanes) is 12. The zero-order valence-corrected chi connectivity index (χ0v) is 22.2. The second kappa shape index (κ2) is 21.5. The summed E-state index contributed by atoms with van der Waals surface area (Å²) < 4.78 is 11.3. The highest BCUT2D eigenvalue weighted by molar-refractivity contribution is 5.97. The van der Waals surface area contributed by atoms with Gasteiger partial charge in [-0.1, -0.05) is 90.9 Å². The van der Waals surface area contributed by atoms with E-state index in [1.54, 1.807) is 6.92 Å². The molecule has 1 rings (SSSR count). The van der Waals surface area contributed by atoms with E-state index >= 15 is 0 Å². The quantitative estimate of drug-likeness (QED) is 0.136. The van der Waals surface area contributed by atoms with E-state index in [2.05, 4.69) is 13.8 Å². The maximum atomic E-state index is 11.3. The molecule has 0 aromatic carbocycles. The van der Waals surface area contributed by atoms with Crippen LogP contribution >= 0.6 is 0 Å². The van der Waals surface area contributed by atoms with Gasteiger partial charge in [0.2, 0.25) is 0 Å². The van der Waals surface area contributed by atoms with Crippen molar-refractivity contribution in [2.45, 2.75) is 149 Å². The molecule has 0 amide bonds. The van der Waals surface area contributed by atoms with E-state index in [9.17, 15) is 14.4 Å². The summed E-state index contributed by atoms with van der Waals surface area (Å²) >= 11 is 0. The Morgan fingerprint density at radius 1 is 0.636 bits per heavy atom. The monoisotopic (exact) mass is 468 g/mol. The first kappa shape index (κ1) is 31.9. The van der Waals surface area contributed by atoms with Crippen LogP contribution in [0.3, 0.4) is 0 Å². The van der Waals surface area contributed by atoms with Gasteiger partial charge < -0.3 is 9.47 Å². The van der Waals surface area contributed by atoms with Gasteiger partial charge in [0.1, 0.15) is 17.3 Å². The molecule has 33 heavy (non-hydrogen) atoms. The second-order valence-electron chi connectivity index (χ2n) is 9.65. The molecule has 0 N–H and O–H groups in total. The molecule has 0 spiro atoms. The molecule has 0 radical (unpaired) electrons. The van der Waals surface area contributed by atoms with Crippen LogP contribution in [-0.2, 0) is 23.9 Å². The van der Waals surface area contributed by atoms with Gasteiger partial charge in [-0.2, -0.15) is 0 Å². The molecule has 194 valence electrons. The van der Waals surface area contributed by atoms with Crippen LogP contribution in [0.5, 0.6) is 0 Å². The minimum absolute atomic E-state index is 0.0112. The van der Waals surface area contributed by atoms with Crippen molar-refractivity contribution in [3.63, 3.8) is 0 Å². The lowest BCUT2D eigenvalue weighted by molar-refractivity contribution is -0.172. The summed E-state index contributed by atoms with van der Waals surface area (Å²) in [4.78, 5) is 33.1. The Morgan fingerprint density at radius 3 is 1.55 bits per heavy atom. The number of carbonyl (C=O) groups excluding carboxylic acids is 3. The zero-order chi connectivity index (χ0) is 24.8. The molecule has 0 saturated carbocycles. The van der Waals surface area contributed by atoms with Gasteiger partial charge in [0.05, 0.1) is 26.1 Å². The van der Waals surface area contributed by atoms with Gasteiger partial charge in [-0.05, 0) is 26.7 Å². The molecular formula is C28H52O5. The maximum absolute atomic E-state index is 11.3. The van der Waals surface area contributed by atoms with Gasteiger partial charge in [0.25, 0.3) is 0 Å². The molecule has 1 heterocycles.